The van der Waals surface area contributed by atoms with Gasteiger partial charge >= 0.3 is 19.8 Å². The van der Waals surface area contributed by atoms with Crippen LogP contribution in [0.5, 0.6) is 0 Å². The number of unbranched alkanes of at least 4 members (excludes halogenated alkanes) is 11. The van der Waals surface area contributed by atoms with Crippen molar-refractivity contribution in [2.75, 3.05) is 19.8 Å². The quantitative estimate of drug-likeness (QED) is 0.0613. The number of carboxylic acid groups (broad SMARTS) is 1. The molecule has 3 atom stereocenters. The molecule has 0 heterocycles. The van der Waals surface area contributed by atoms with E-state index in [9.17, 15) is 24.2 Å². The Balaban J connectivity index is 3.76. The molecular formula is C24H46NO9P. The van der Waals surface area contributed by atoms with Crippen LogP contribution in [0.25, 0.3) is 0 Å². The molecule has 206 valence electrons. The van der Waals surface area contributed by atoms with E-state index in [1.165, 1.54) is 38.5 Å². The number of hydrogen-bond acceptors (Lipinski definition) is 8. The van der Waals surface area contributed by atoms with Crippen LogP contribution >= 0.6 is 7.82 Å². The van der Waals surface area contributed by atoms with Crippen LogP contribution in [-0.2, 0) is 27.9 Å². The Bertz CT molecular complexity index is 630. The summed E-state index contributed by atoms with van der Waals surface area (Å²) in [5.74, 6) is -1.90. The van der Waals surface area contributed by atoms with Gasteiger partial charge in [0.2, 0.25) is 0 Å². The molecule has 0 aliphatic heterocycles. The Labute approximate surface area is 209 Å². The number of esters is 1. The van der Waals surface area contributed by atoms with Gasteiger partial charge in [0.25, 0.3) is 0 Å². The highest BCUT2D eigenvalue weighted by atomic mass is 31.2. The van der Waals surface area contributed by atoms with E-state index in [1.54, 1.807) is 0 Å². The number of aliphatic carboxylic acids is 1. The van der Waals surface area contributed by atoms with Gasteiger partial charge in [0.15, 0.2) is 0 Å². The van der Waals surface area contributed by atoms with E-state index in [0.717, 1.165) is 38.5 Å². The van der Waals surface area contributed by atoms with Crippen LogP contribution in [0.2, 0.25) is 0 Å². The molecule has 1 unspecified atom stereocenters. The Morgan fingerprint density at radius 3 is 2.00 bits per heavy atom. The predicted molar refractivity (Wildman–Crippen MR) is 134 cm³/mol. The first kappa shape index (κ1) is 33.7. The molecule has 0 amide bonds. The zero-order chi connectivity index (χ0) is 26.4. The van der Waals surface area contributed by atoms with E-state index in [-0.39, 0.29) is 6.42 Å². The van der Waals surface area contributed by atoms with Gasteiger partial charge in [0.05, 0.1) is 13.2 Å². The van der Waals surface area contributed by atoms with E-state index < -0.39 is 51.7 Å². The zero-order valence-corrected chi connectivity index (χ0v) is 22.0. The fourth-order valence-corrected chi connectivity index (χ4v) is 4.09. The summed E-state index contributed by atoms with van der Waals surface area (Å²) in [6.45, 7) is 0.351. The maximum Gasteiger partial charge on any atom is 0.472 e. The van der Waals surface area contributed by atoms with Gasteiger partial charge in [-0.3, -0.25) is 18.6 Å². The summed E-state index contributed by atoms with van der Waals surface area (Å²) in [6.07, 6.45) is 18.5. The van der Waals surface area contributed by atoms with Gasteiger partial charge in [-0.15, -0.1) is 0 Å². The molecule has 5 N–H and O–H groups in total. The number of aliphatic hydroxyl groups excluding tert-OH is 1. The summed E-state index contributed by atoms with van der Waals surface area (Å²) in [5, 5.41) is 17.9. The minimum atomic E-state index is -4.67. The number of ether oxygens (including phenoxy) is 1. The summed E-state index contributed by atoms with van der Waals surface area (Å²) >= 11 is 0. The Morgan fingerprint density at radius 1 is 0.914 bits per heavy atom. The molecule has 0 saturated carbocycles. The number of allylic oxidation sites excluding steroid dienone is 2. The molecule has 11 heteroatoms. The summed E-state index contributed by atoms with van der Waals surface area (Å²) in [7, 11) is -4.67. The standard InChI is InChI=1S/C24H46NO9P/c1-2-3-4-5-6-7-8-9-10-11-12-13-14-15-16-17-23(27)32-19-21(18-26)34-35(30,31)33-20-22(25)24(28)29/h9-10,21-22,26H,2-8,11-20,25H2,1H3,(H,28,29)(H,30,31)/t21-,22-/m0/s1. The molecule has 0 bridgehead atoms. The second kappa shape index (κ2) is 21.9. The Morgan fingerprint density at radius 2 is 1.46 bits per heavy atom. The minimum absolute atomic E-state index is 0.205. The van der Waals surface area contributed by atoms with E-state index in [0.29, 0.717) is 6.42 Å². The van der Waals surface area contributed by atoms with Crippen molar-refractivity contribution >= 4 is 19.8 Å². The first-order chi connectivity index (χ1) is 16.7. The van der Waals surface area contributed by atoms with Gasteiger partial charge in [-0.05, 0) is 32.1 Å². The number of hydrogen-bond donors (Lipinski definition) is 4. The van der Waals surface area contributed by atoms with E-state index in [2.05, 4.69) is 23.6 Å². The van der Waals surface area contributed by atoms with Crippen LogP contribution in [-0.4, -0.2) is 59.0 Å². The molecule has 10 nitrogen and oxygen atoms in total. The van der Waals surface area contributed by atoms with Crippen LogP contribution in [0.1, 0.15) is 96.8 Å². The van der Waals surface area contributed by atoms with Crippen LogP contribution in [0.4, 0.5) is 0 Å². The largest absolute Gasteiger partial charge is 0.480 e. The molecule has 0 aliphatic carbocycles. The van der Waals surface area contributed by atoms with Crippen molar-refractivity contribution in [1.82, 2.24) is 0 Å². The number of rotatable bonds is 24. The highest BCUT2D eigenvalue weighted by molar-refractivity contribution is 7.47. The Kier molecular flexibility index (Phi) is 21.1. The third kappa shape index (κ3) is 21.7. The summed E-state index contributed by atoms with van der Waals surface area (Å²) in [6, 6.07) is -1.50. The average molecular weight is 524 g/mol. The molecule has 0 aromatic heterocycles. The number of aliphatic hydroxyl groups is 1. The van der Waals surface area contributed by atoms with E-state index in [4.69, 9.17) is 20.1 Å². The second-order valence-corrected chi connectivity index (χ2v) is 10.0. The fourth-order valence-electron chi connectivity index (χ4n) is 3.18. The number of carbonyl (C=O) groups is 2. The zero-order valence-electron chi connectivity index (χ0n) is 21.1. The molecule has 0 aromatic carbocycles. The lowest BCUT2D eigenvalue weighted by molar-refractivity contribution is -0.147. The van der Waals surface area contributed by atoms with Crippen molar-refractivity contribution in [1.29, 1.82) is 0 Å². The molecule has 0 aliphatic rings. The summed E-state index contributed by atoms with van der Waals surface area (Å²) in [4.78, 5) is 32.0. The maximum absolute atomic E-state index is 11.8. The smallest absolute Gasteiger partial charge is 0.472 e. The molecule has 0 aromatic rings. The molecule has 0 rings (SSSR count). The van der Waals surface area contributed by atoms with Crippen molar-refractivity contribution in [2.45, 2.75) is 109 Å². The van der Waals surface area contributed by atoms with Gasteiger partial charge in [-0.2, -0.15) is 0 Å². The second-order valence-electron chi connectivity index (χ2n) is 8.64. The van der Waals surface area contributed by atoms with Crippen molar-refractivity contribution in [2.24, 2.45) is 5.73 Å². The van der Waals surface area contributed by atoms with Gasteiger partial charge in [-0.25, -0.2) is 4.57 Å². The van der Waals surface area contributed by atoms with Crippen molar-refractivity contribution in [3.8, 4) is 0 Å². The minimum Gasteiger partial charge on any atom is -0.480 e. The molecule has 0 fully saturated rings. The number of phosphoric ester groups is 1. The first-order valence-corrected chi connectivity index (χ1v) is 14.3. The lowest BCUT2D eigenvalue weighted by Gasteiger charge is -2.19. The average Bonchev–Trinajstić information content (AvgIpc) is 2.82. The van der Waals surface area contributed by atoms with Crippen LogP contribution < -0.4 is 5.73 Å². The van der Waals surface area contributed by atoms with Gasteiger partial charge in [0.1, 0.15) is 18.8 Å². The van der Waals surface area contributed by atoms with Crippen molar-refractivity contribution < 1.29 is 43.0 Å². The molecular weight excluding hydrogens is 477 g/mol. The van der Waals surface area contributed by atoms with Gasteiger partial charge < -0.3 is 25.6 Å². The molecule has 0 radical (unpaired) electrons. The number of nitrogens with two attached hydrogens (primary N) is 1. The summed E-state index contributed by atoms with van der Waals surface area (Å²) in [5.41, 5.74) is 5.18. The third-order valence-corrected chi connectivity index (χ3v) is 6.33. The van der Waals surface area contributed by atoms with E-state index in [1.807, 2.05) is 0 Å². The summed E-state index contributed by atoms with van der Waals surface area (Å²) < 4.78 is 26.0. The van der Waals surface area contributed by atoms with Gasteiger partial charge in [0, 0.05) is 6.42 Å². The number of phosphoric acid groups is 1. The number of carboxylic acids is 1. The van der Waals surface area contributed by atoms with Crippen molar-refractivity contribution in [3.63, 3.8) is 0 Å². The number of carbonyl (C=O) groups excluding carboxylic acids is 1. The topological polar surface area (TPSA) is 166 Å². The van der Waals surface area contributed by atoms with Crippen LogP contribution in [0.15, 0.2) is 12.2 Å². The molecule has 35 heavy (non-hydrogen) atoms. The van der Waals surface area contributed by atoms with Crippen LogP contribution in [0, 0.1) is 0 Å². The Hall–Kier alpha value is -1.29. The maximum atomic E-state index is 11.8. The molecule has 0 spiro atoms. The van der Waals surface area contributed by atoms with Gasteiger partial charge in [-0.1, -0.05) is 70.4 Å². The highest BCUT2D eigenvalue weighted by Gasteiger charge is 2.29. The van der Waals surface area contributed by atoms with Crippen molar-refractivity contribution in [3.05, 3.63) is 12.2 Å². The fraction of sp³-hybridized carbons (Fsp3) is 0.833. The SMILES string of the molecule is CCCCCCCCC=CCCCCCCCC(=O)OC[C@H](CO)OP(=O)(O)OC[C@H](N)C(=O)O. The highest BCUT2D eigenvalue weighted by Crippen LogP contribution is 2.44. The lowest BCUT2D eigenvalue weighted by atomic mass is 10.1. The normalized spacial score (nSPS) is 15.1. The predicted octanol–water partition coefficient (Wildman–Crippen LogP) is 4.47. The third-order valence-electron chi connectivity index (χ3n) is 5.29. The lowest BCUT2D eigenvalue weighted by Crippen LogP contribution is -2.35. The first-order valence-electron chi connectivity index (χ1n) is 12.8. The monoisotopic (exact) mass is 523 g/mol. The van der Waals surface area contributed by atoms with Crippen LogP contribution in [0.3, 0.4) is 0 Å². The van der Waals surface area contributed by atoms with E-state index >= 15 is 0 Å². The molecule has 0 saturated heterocycles.